The molecule has 2 N–H and O–H groups in total. The summed E-state index contributed by atoms with van der Waals surface area (Å²) in [7, 11) is 0. The Morgan fingerprint density at radius 2 is 0.971 bits per heavy atom. The molecule has 0 saturated heterocycles. The lowest BCUT2D eigenvalue weighted by atomic mass is 10.3. The van der Waals surface area contributed by atoms with Crippen LogP contribution < -0.4 is 0 Å². The highest BCUT2D eigenvalue weighted by Gasteiger charge is 2.04. The van der Waals surface area contributed by atoms with Crippen molar-refractivity contribution in [3.05, 3.63) is 0 Å². The number of rotatable bonds is 11. The minimum atomic E-state index is -0.863. The Morgan fingerprint density at radius 1 is 0.647 bits per heavy atom. The molecule has 0 saturated carbocycles. The molecule has 194 valence electrons. The highest BCUT2D eigenvalue weighted by Crippen LogP contribution is 1.95. The molecule has 10 nitrogen and oxygen atoms in total. The zero-order chi connectivity index (χ0) is 26.9. The van der Waals surface area contributed by atoms with Gasteiger partial charge in [-0.1, -0.05) is 17.8 Å². The van der Waals surface area contributed by atoms with E-state index >= 15 is 0 Å². The molecule has 0 aromatic heterocycles. The van der Waals surface area contributed by atoms with Gasteiger partial charge in [0.05, 0.1) is 18.6 Å². The summed E-state index contributed by atoms with van der Waals surface area (Å²) in [6, 6.07) is 0. The van der Waals surface area contributed by atoms with Crippen LogP contribution in [0.25, 0.3) is 0 Å². The zero-order valence-electron chi connectivity index (χ0n) is 18.5. The van der Waals surface area contributed by atoms with Crippen molar-refractivity contribution in [3.8, 4) is 37.0 Å². The van der Waals surface area contributed by atoms with Gasteiger partial charge in [-0.15, -0.1) is 42.5 Å². The number of carbonyl (C=O) groups excluding carboxylic acids is 3. The van der Waals surface area contributed by atoms with Crippen molar-refractivity contribution in [2.75, 3.05) is 51.6 Å². The molecule has 0 unspecified atom stereocenters. The van der Waals surface area contributed by atoms with Gasteiger partial charge in [0.2, 0.25) is 0 Å². The lowest BCUT2D eigenvalue weighted by Crippen LogP contribution is -2.11. The van der Waals surface area contributed by atoms with Crippen LogP contribution in [-0.2, 0) is 23.7 Å². The molecular weight excluding hydrogens is 519 g/mol. The Balaban J connectivity index is -0.000000229. The number of aliphatic hydroxyl groups excluding tert-OH is 2. The first-order chi connectivity index (χ1) is 16.3. The van der Waals surface area contributed by atoms with E-state index in [2.05, 4.69) is 41.4 Å². The molecule has 0 aromatic carbocycles. The van der Waals surface area contributed by atoms with Gasteiger partial charge in [-0.05, 0) is 25.7 Å². The van der Waals surface area contributed by atoms with Gasteiger partial charge in [0.25, 0.3) is 0 Å². The molecule has 0 amide bonds. The fraction of sp³-hybridized carbons (Fsp3) is 0.571. The van der Waals surface area contributed by atoms with Gasteiger partial charge in [-0.3, -0.25) is 0 Å². The SMILES string of the molecule is C#CCOC(=O)Cl.C#CCOC(=O)OCCCCOC(=O)OCC#C.ClCCl.OCCCCO. The predicted molar refractivity (Wildman–Crippen MR) is 128 cm³/mol. The van der Waals surface area contributed by atoms with Gasteiger partial charge in [-0.25, -0.2) is 14.4 Å². The van der Waals surface area contributed by atoms with E-state index in [1.165, 1.54) is 0 Å². The van der Waals surface area contributed by atoms with E-state index in [9.17, 15) is 14.4 Å². The van der Waals surface area contributed by atoms with Crippen molar-refractivity contribution in [2.45, 2.75) is 25.7 Å². The maximum atomic E-state index is 10.8. The summed E-state index contributed by atoms with van der Waals surface area (Å²) in [4.78, 5) is 31.2. The third-order valence-electron chi connectivity index (χ3n) is 2.36. The highest BCUT2D eigenvalue weighted by molar-refractivity contribution is 6.61. The maximum Gasteiger partial charge on any atom is 0.509 e. The second-order valence-electron chi connectivity index (χ2n) is 4.88. The molecule has 0 spiro atoms. The second-order valence-corrected chi connectivity index (χ2v) is 5.99. The van der Waals surface area contributed by atoms with Crippen LogP contribution >= 0.6 is 34.8 Å². The molecule has 0 aliphatic rings. The Kier molecular flexibility index (Phi) is 43.0. The van der Waals surface area contributed by atoms with E-state index in [1.54, 1.807) is 0 Å². The lowest BCUT2D eigenvalue weighted by Gasteiger charge is -2.05. The van der Waals surface area contributed by atoms with Gasteiger partial charge in [0.1, 0.15) is 0 Å². The standard InChI is InChI=1S/C12H14O6.C4H3ClO2.C4H10O2.CH2Cl2/c1-3-7-15-11(13)17-9-5-6-10-18-12(14)16-8-4-2;1-2-3-7-4(5)6;5-3-1-2-4-6;2-1-3/h1-2H,5-10H2;1H,3H2;5-6H,1-4H2;1H2. The van der Waals surface area contributed by atoms with Crippen molar-refractivity contribution < 1.29 is 48.3 Å². The normalized spacial score (nSPS) is 8.06. The number of halogens is 3. The van der Waals surface area contributed by atoms with Gasteiger partial charge in [-0.2, -0.15) is 0 Å². The van der Waals surface area contributed by atoms with Gasteiger partial charge < -0.3 is 33.9 Å². The summed E-state index contributed by atoms with van der Waals surface area (Å²) in [5.41, 5.74) is -0.863. The number of ether oxygens (including phenoxy) is 5. The monoisotopic (exact) mass is 546 g/mol. The minimum Gasteiger partial charge on any atom is -0.441 e. The number of unbranched alkanes of at least 4 members (excludes halogenated alkanes) is 2. The largest absolute Gasteiger partial charge is 0.509 e. The summed E-state index contributed by atoms with van der Waals surface area (Å²) in [5, 5.41) is 16.4. The van der Waals surface area contributed by atoms with Crippen LogP contribution in [0, 0.1) is 37.0 Å². The van der Waals surface area contributed by atoms with Crippen molar-refractivity contribution in [2.24, 2.45) is 0 Å². The van der Waals surface area contributed by atoms with Gasteiger partial charge in [0.15, 0.2) is 19.8 Å². The highest BCUT2D eigenvalue weighted by atomic mass is 35.5. The van der Waals surface area contributed by atoms with Gasteiger partial charge >= 0.3 is 17.7 Å². The Labute approximate surface area is 215 Å². The molecule has 0 atom stereocenters. The quantitative estimate of drug-likeness (QED) is 0.0987. The summed E-state index contributed by atoms with van der Waals surface area (Å²) in [6.45, 7) is 0.410. The molecular formula is C21H29Cl3O10. The van der Waals surface area contributed by atoms with Crippen LogP contribution in [0.15, 0.2) is 0 Å². The van der Waals surface area contributed by atoms with Crippen molar-refractivity contribution >= 4 is 52.5 Å². The molecule has 0 bridgehead atoms. The van der Waals surface area contributed by atoms with E-state index < -0.39 is 17.7 Å². The molecule has 0 aliphatic carbocycles. The number of terminal acetylenes is 3. The van der Waals surface area contributed by atoms with Crippen LogP contribution in [0.5, 0.6) is 0 Å². The predicted octanol–water partition coefficient (Wildman–Crippen LogP) is 3.51. The zero-order valence-corrected chi connectivity index (χ0v) is 20.8. The Hall–Kier alpha value is -2.52. The summed E-state index contributed by atoms with van der Waals surface area (Å²) in [6.07, 6.45) is 15.3. The maximum absolute atomic E-state index is 10.8. The average molecular weight is 548 g/mol. The van der Waals surface area contributed by atoms with Crippen molar-refractivity contribution in [3.63, 3.8) is 0 Å². The minimum absolute atomic E-state index is 0.0532. The first-order valence-electron chi connectivity index (χ1n) is 9.36. The Morgan fingerprint density at radius 3 is 1.21 bits per heavy atom. The molecule has 0 fully saturated rings. The van der Waals surface area contributed by atoms with Gasteiger partial charge in [0, 0.05) is 24.8 Å². The van der Waals surface area contributed by atoms with E-state index in [0.717, 1.165) is 12.8 Å². The molecule has 34 heavy (non-hydrogen) atoms. The molecule has 0 radical (unpaired) electrons. The average Bonchev–Trinajstić information content (AvgIpc) is 2.82. The van der Waals surface area contributed by atoms with Crippen molar-refractivity contribution in [1.82, 2.24) is 0 Å². The number of alkyl halides is 2. The molecule has 0 heterocycles. The summed E-state index contributed by atoms with van der Waals surface area (Å²) >= 11 is 14.2. The number of aliphatic hydroxyl groups is 2. The fourth-order valence-electron chi connectivity index (χ4n) is 1.12. The van der Waals surface area contributed by atoms with E-state index in [1.807, 2.05) is 0 Å². The smallest absolute Gasteiger partial charge is 0.441 e. The van der Waals surface area contributed by atoms with Crippen LogP contribution in [0.3, 0.4) is 0 Å². The number of hydrogen-bond acceptors (Lipinski definition) is 10. The third kappa shape index (κ3) is 51.8. The van der Waals surface area contributed by atoms with Crippen LogP contribution in [-0.4, -0.2) is 79.5 Å². The fourth-order valence-corrected chi connectivity index (χ4v) is 1.18. The molecule has 0 aliphatic heterocycles. The lowest BCUT2D eigenvalue weighted by molar-refractivity contribution is 0.0523. The Bertz CT molecular complexity index is 571. The summed E-state index contributed by atoms with van der Waals surface area (Å²) in [5.74, 6) is 6.33. The first kappa shape index (κ1) is 38.7. The number of hydrogen-bond donors (Lipinski definition) is 2. The molecule has 0 aromatic rings. The topological polar surface area (TPSA) is 138 Å². The molecule has 0 rings (SSSR count). The van der Waals surface area contributed by atoms with Crippen LogP contribution in [0.1, 0.15) is 25.7 Å². The molecule has 13 heteroatoms. The van der Waals surface area contributed by atoms with Crippen LogP contribution in [0.4, 0.5) is 14.4 Å². The van der Waals surface area contributed by atoms with Crippen molar-refractivity contribution in [1.29, 1.82) is 0 Å². The third-order valence-corrected chi connectivity index (χ3v) is 2.47. The number of carbonyl (C=O) groups is 3. The van der Waals surface area contributed by atoms with E-state index in [0.29, 0.717) is 12.8 Å². The summed E-state index contributed by atoms with van der Waals surface area (Å²) < 4.78 is 22.3. The van der Waals surface area contributed by atoms with E-state index in [4.69, 9.17) is 64.3 Å². The second kappa shape index (κ2) is 37.8. The first-order valence-corrected chi connectivity index (χ1v) is 10.8. The van der Waals surface area contributed by atoms with Crippen LogP contribution in [0.2, 0.25) is 0 Å². The van der Waals surface area contributed by atoms with E-state index in [-0.39, 0.29) is 51.6 Å².